The lowest BCUT2D eigenvalue weighted by Gasteiger charge is -2.07. The lowest BCUT2D eigenvalue weighted by molar-refractivity contribution is -0.387. The van der Waals surface area contributed by atoms with Gasteiger partial charge >= 0.3 is 0 Å². The molecule has 2 N–H and O–H groups in total. The SMILES string of the molecule is Cc1ccc(N=C2NC(=O)/C(=C/c3ccc(SCC(=O)Nc4ccc5ccccc5c4)c([N+](=O)[O-])c3)S2)cc1[N+](=O)[O-]. The van der Waals surface area contributed by atoms with Crippen molar-refractivity contribution in [3.8, 4) is 0 Å². The molecular weight excluding hydrogens is 578 g/mol. The predicted molar refractivity (Wildman–Crippen MR) is 165 cm³/mol. The van der Waals surface area contributed by atoms with Crippen LogP contribution in [0.1, 0.15) is 11.1 Å². The third-order valence-electron chi connectivity index (χ3n) is 6.14. The molecule has 0 aromatic heterocycles. The van der Waals surface area contributed by atoms with Gasteiger partial charge in [-0.2, -0.15) is 0 Å². The summed E-state index contributed by atoms with van der Waals surface area (Å²) in [6.07, 6.45) is 1.49. The summed E-state index contributed by atoms with van der Waals surface area (Å²) >= 11 is 2.05. The van der Waals surface area contributed by atoms with Crippen LogP contribution < -0.4 is 10.6 Å². The fraction of sp³-hybridized carbons (Fsp3) is 0.0690. The number of aliphatic imine (C=N–C) groups is 1. The first-order valence-corrected chi connectivity index (χ1v) is 14.2. The first-order valence-electron chi connectivity index (χ1n) is 12.4. The highest BCUT2D eigenvalue weighted by Crippen LogP contribution is 2.34. The summed E-state index contributed by atoms with van der Waals surface area (Å²) in [7, 11) is 0. The van der Waals surface area contributed by atoms with Crippen molar-refractivity contribution in [2.45, 2.75) is 11.8 Å². The fourth-order valence-electron chi connectivity index (χ4n) is 4.11. The van der Waals surface area contributed by atoms with Crippen molar-refractivity contribution in [1.29, 1.82) is 0 Å². The monoisotopic (exact) mass is 599 g/mol. The zero-order valence-corrected chi connectivity index (χ0v) is 23.5. The van der Waals surface area contributed by atoms with Gasteiger partial charge < -0.3 is 10.6 Å². The van der Waals surface area contributed by atoms with Crippen LogP contribution >= 0.6 is 23.5 Å². The average molecular weight is 600 g/mol. The van der Waals surface area contributed by atoms with Crippen LogP contribution in [-0.2, 0) is 9.59 Å². The normalized spacial score (nSPS) is 14.7. The van der Waals surface area contributed by atoms with Crippen LogP contribution in [0.5, 0.6) is 0 Å². The van der Waals surface area contributed by atoms with Crippen LogP contribution in [0.3, 0.4) is 0 Å². The van der Waals surface area contributed by atoms with Gasteiger partial charge in [-0.05, 0) is 65.4 Å². The minimum absolute atomic E-state index is 0.0383. The minimum Gasteiger partial charge on any atom is -0.325 e. The Morgan fingerprint density at radius 3 is 2.50 bits per heavy atom. The van der Waals surface area contributed by atoms with Crippen molar-refractivity contribution in [3.05, 3.63) is 115 Å². The van der Waals surface area contributed by atoms with Gasteiger partial charge in [0.2, 0.25) is 5.91 Å². The summed E-state index contributed by atoms with van der Waals surface area (Å²) in [5, 5.41) is 30.7. The molecule has 4 aromatic carbocycles. The number of hydrogen-bond donors (Lipinski definition) is 2. The molecule has 2 amide bonds. The number of anilines is 1. The number of amides is 2. The second-order valence-electron chi connectivity index (χ2n) is 9.09. The maximum atomic E-state index is 12.6. The number of rotatable bonds is 8. The average Bonchev–Trinajstić information content (AvgIpc) is 3.30. The number of amidine groups is 1. The van der Waals surface area contributed by atoms with Gasteiger partial charge in [0, 0.05) is 23.4 Å². The number of carbonyl (C=O) groups excluding carboxylic acids is 2. The maximum Gasteiger partial charge on any atom is 0.283 e. The van der Waals surface area contributed by atoms with E-state index in [4.69, 9.17) is 0 Å². The number of benzene rings is 4. The number of nitrogens with one attached hydrogen (secondary N) is 2. The van der Waals surface area contributed by atoms with Crippen LogP contribution in [0.2, 0.25) is 0 Å². The molecule has 0 bridgehead atoms. The molecule has 0 atom stereocenters. The molecule has 42 heavy (non-hydrogen) atoms. The number of fused-ring (bicyclic) bond motifs is 1. The van der Waals surface area contributed by atoms with E-state index in [-0.39, 0.29) is 33.1 Å². The summed E-state index contributed by atoms with van der Waals surface area (Å²) in [4.78, 5) is 51.9. The van der Waals surface area contributed by atoms with Crippen molar-refractivity contribution in [1.82, 2.24) is 5.32 Å². The van der Waals surface area contributed by atoms with Gasteiger partial charge in [0.25, 0.3) is 17.3 Å². The summed E-state index contributed by atoms with van der Waals surface area (Å²) in [5.74, 6) is -0.795. The topological polar surface area (TPSA) is 157 Å². The molecule has 1 heterocycles. The van der Waals surface area contributed by atoms with E-state index < -0.39 is 15.8 Å². The Bertz CT molecular complexity index is 1840. The Labute approximate surface area is 247 Å². The molecule has 0 aliphatic carbocycles. The largest absolute Gasteiger partial charge is 0.325 e. The zero-order valence-electron chi connectivity index (χ0n) is 21.9. The molecule has 0 radical (unpaired) electrons. The third kappa shape index (κ3) is 6.65. The Balaban J connectivity index is 1.27. The Morgan fingerprint density at radius 2 is 1.74 bits per heavy atom. The lowest BCUT2D eigenvalue weighted by atomic mass is 10.1. The van der Waals surface area contributed by atoms with E-state index in [0.717, 1.165) is 34.3 Å². The van der Waals surface area contributed by atoms with E-state index >= 15 is 0 Å². The first kappa shape index (κ1) is 28.5. The van der Waals surface area contributed by atoms with Gasteiger partial charge in [0.1, 0.15) is 0 Å². The molecule has 1 fully saturated rings. The van der Waals surface area contributed by atoms with Gasteiger partial charge in [-0.1, -0.05) is 42.5 Å². The van der Waals surface area contributed by atoms with Gasteiger partial charge in [0.05, 0.1) is 31.1 Å². The molecule has 5 rings (SSSR count). The number of nitro benzene ring substituents is 2. The third-order valence-corrected chi connectivity index (χ3v) is 8.11. The molecule has 0 spiro atoms. The summed E-state index contributed by atoms with van der Waals surface area (Å²) in [6.45, 7) is 1.62. The molecule has 0 saturated carbocycles. The molecular formula is C29H21N5O6S2. The number of aryl methyl sites for hydroxylation is 1. The molecule has 13 heteroatoms. The predicted octanol–water partition coefficient (Wildman–Crippen LogP) is 6.59. The summed E-state index contributed by atoms with van der Waals surface area (Å²) < 4.78 is 0. The van der Waals surface area contributed by atoms with E-state index in [1.807, 2.05) is 36.4 Å². The summed E-state index contributed by atoms with van der Waals surface area (Å²) in [5.41, 5.74) is 1.55. The van der Waals surface area contributed by atoms with E-state index in [1.54, 1.807) is 31.2 Å². The van der Waals surface area contributed by atoms with Gasteiger partial charge in [-0.15, -0.1) is 11.8 Å². The van der Waals surface area contributed by atoms with Crippen molar-refractivity contribution in [2.24, 2.45) is 4.99 Å². The van der Waals surface area contributed by atoms with Gasteiger partial charge in [-0.25, -0.2) is 4.99 Å². The quantitative estimate of drug-likeness (QED) is 0.0994. The highest BCUT2D eigenvalue weighted by Gasteiger charge is 2.25. The van der Waals surface area contributed by atoms with Crippen LogP contribution in [-0.4, -0.2) is 32.6 Å². The van der Waals surface area contributed by atoms with Crippen LogP contribution in [0.4, 0.5) is 22.7 Å². The van der Waals surface area contributed by atoms with Crippen LogP contribution in [0.25, 0.3) is 16.8 Å². The molecule has 11 nitrogen and oxygen atoms in total. The van der Waals surface area contributed by atoms with Crippen LogP contribution in [0, 0.1) is 27.2 Å². The molecule has 1 aliphatic heterocycles. The number of carbonyl (C=O) groups is 2. The highest BCUT2D eigenvalue weighted by atomic mass is 32.2. The van der Waals surface area contributed by atoms with Crippen LogP contribution in [0.15, 0.2) is 93.7 Å². The van der Waals surface area contributed by atoms with E-state index in [2.05, 4.69) is 15.6 Å². The number of hydrogen-bond acceptors (Lipinski definition) is 9. The molecule has 0 unspecified atom stereocenters. The molecule has 1 saturated heterocycles. The minimum atomic E-state index is -0.537. The van der Waals surface area contributed by atoms with E-state index in [1.165, 1.54) is 24.3 Å². The number of nitro groups is 2. The number of nitrogens with zero attached hydrogens (tertiary/aromatic N) is 3. The fourth-order valence-corrected chi connectivity index (χ4v) is 5.76. The second-order valence-corrected chi connectivity index (χ2v) is 11.1. The summed E-state index contributed by atoms with van der Waals surface area (Å²) in [6, 6.07) is 22.3. The maximum absolute atomic E-state index is 12.6. The van der Waals surface area contributed by atoms with Crippen molar-refractivity contribution >= 4 is 80.1 Å². The highest BCUT2D eigenvalue weighted by molar-refractivity contribution is 8.18. The van der Waals surface area contributed by atoms with E-state index in [9.17, 15) is 29.8 Å². The standard InChI is InChI=1S/C29H21N5O6S2/c1-17-6-9-22(15-23(17)33(37)38)31-29-32-28(36)26(42-29)13-18-7-11-25(24(12-18)34(39)40)41-16-27(35)30-21-10-8-19-4-2-3-5-20(19)14-21/h2-15H,16H2,1H3,(H,30,35)(H,31,32,36)/b26-13-. The lowest BCUT2D eigenvalue weighted by Crippen LogP contribution is -2.19. The molecule has 210 valence electrons. The molecule has 4 aromatic rings. The number of thioether (sulfide) groups is 2. The van der Waals surface area contributed by atoms with E-state index in [0.29, 0.717) is 27.4 Å². The Kier molecular flexibility index (Phi) is 8.31. The Morgan fingerprint density at radius 1 is 0.976 bits per heavy atom. The molecule has 1 aliphatic rings. The van der Waals surface area contributed by atoms with Crippen molar-refractivity contribution < 1.29 is 19.4 Å². The first-order chi connectivity index (χ1) is 20.2. The smallest absolute Gasteiger partial charge is 0.283 e. The zero-order chi connectivity index (χ0) is 29.8. The van der Waals surface area contributed by atoms with Crippen molar-refractivity contribution in [2.75, 3.05) is 11.1 Å². The van der Waals surface area contributed by atoms with Gasteiger partial charge in [-0.3, -0.25) is 29.8 Å². The Hall–Kier alpha value is -5.01. The second kappa shape index (κ2) is 12.2. The van der Waals surface area contributed by atoms with Gasteiger partial charge in [0.15, 0.2) is 5.17 Å². The van der Waals surface area contributed by atoms with Crippen molar-refractivity contribution in [3.63, 3.8) is 0 Å².